The van der Waals surface area contributed by atoms with Crippen molar-refractivity contribution in [2.45, 2.75) is 20.3 Å². The molecule has 0 saturated heterocycles. The Morgan fingerprint density at radius 2 is 2.24 bits per heavy atom. The molecule has 0 radical (unpaired) electrons. The van der Waals surface area contributed by atoms with E-state index in [0.29, 0.717) is 25.1 Å². The van der Waals surface area contributed by atoms with E-state index >= 15 is 0 Å². The van der Waals surface area contributed by atoms with Crippen LogP contribution >= 0.6 is 15.9 Å². The van der Waals surface area contributed by atoms with Crippen molar-refractivity contribution in [3.05, 3.63) is 33.8 Å². The number of halogens is 1. The molecule has 1 amide bonds. The lowest BCUT2D eigenvalue weighted by atomic mass is 10.1. The number of aryl methyl sites for hydroxylation is 1. The van der Waals surface area contributed by atoms with Gasteiger partial charge in [-0.15, -0.1) is 0 Å². The predicted octanol–water partition coefficient (Wildman–Crippen LogP) is 3.13. The maximum Gasteiger partial charge on any atom is 0.254 e. The van der Waals surface area contributed by atoms with Crippen LogP contribution in [0.1, 0.15) is 29.3 Å². The molecule has 1 rings (SSSR count). The Kier molecular flexibility index (Phi) is 5.17. The number of hydrogen-bond acceptors (Lipinski definition) is 2. The molecule has 4 heteroatoms. The third-order valence-corrected chi connectivity index (χ3v) is 3.09. The van der Waals surface area contributed by atoms with Crippen LogP contribution in [0.25, 0.3) is 0 Å². The van der Waals surface area contributed by atoms with Crippen molar-refractivity contribution in [3.8, 4) is 6.07 Å². The molecule has 0 atom stereocenters. The highest BCUT2D eigenvalue weighted by Gasteiger charge is 2.15. The summed E-state index contributed by atoms with van der Waals surface area (Å²) >= 11 is 3.37. The molecule has 17 heavy (non-hydrogen) atoms. The van der Waals surface area contributed by atoms with Crippen molar-refractivity contribution in [2.75, 3.05) is 13.1 Å². The zero-order valence-electron chi connectivity index (χ0n) is 10.0. The number of nitrogens with zero attached hydrogens (tertiary/aromatic N) is 2. The van der Waals surface area contributed by atoms with Crippen molar-refractivity contribution < 1.29 is 4.79 Å². The van der Waals surface area contributed by atoms with Gasteiger partial charge < -0.3 is 4.90 Å². The van der Waals surface area contributed by atoms with Gasteiger partial charge in [0.25, 0.3) is 5.91 Å². The summed E-state index contributed by atoms with van der Waals surface area (Å²) in [7, 11) is 0. The van der Waals surface area contributed by atoms with E-state index < -0.39 is 0 Å². The van der Waals surface area contributed by atoms with Crippen LogP contribution in [0.15, 0.2) is 22.7 Å². The zero-order chi connectivity index (χ0) is 12.8. The first-order chi connectivity index (χ1) is 8.10. The topological polar surface area (TPSA) is 44.1 Å². The van der Waals surface area contributed by atoms with Crippen molar-refractivity contribution in [3.63, 3.8) is 0 Å². The van der Waals surface area contributed by atoms with E-state index in [2.05, 4.69) is 22.0 Å². The van der Waals surface area contributed by atoms with Crippen molar-refractivity contribution in [1.29, 1.82) is 5.26 Å². The van der Waals surface area contributed by atoms with Crippen LogP contribution in [0.5, 0.6) is 0 Å². The van der Waals surface area contributed by atoms with Gasteiger partial charge in [0.15, 0.2) is 0 Å². The average Bonchev–Trinajstić information content (AvgIpc) is 2.33. The molecule has 0 aliphatic carbocycles. The summed E-state index contributed by atoms with van der Waals surface area (Å²) in [4.78, 5) is 13.9. The number of carbonyl (C=O) groups excluding carboxylic acids is 1. The maximum atomic E-state index is 12.3. The summed E-state index contributed by atoms with van der Waals surface area (Å²) < 4.78 is 0.891. The Morgan fingerprint density at radius 1 is 1.53 bits per heavy atom. The molecule has 0 aromatic heterocycles. The molecule has 0 heterocycles. The molecule has 0 unspecified atom stereocenters. The van der Waals surface area contributed by atoms with E-state index in [-0.39, 0.29) is 5.91 Å². The molecule has 0 fully saturated rings. The predicted molar refractivity (Wildman–Crippen MR) is 70.7 cm³/mol. The molecule has 0 spiro atoms. The summed E-state index contributed by atoms with van der Waals surface area (Å²) in [6, 6.07) is 7.71. The lowest BCUT2D eigenvalue weighted by Gasteiger charge is -2.20. The zero-order valence-corrected chi connectivity index (χ0v) is 11.6. The standard InChI is InChI=1S/C13H15BrN2O/c1-3-16(8-4-7-15)13(17)12-9-11(14)6-5-10(12)2/h5-6,9H,3-4,8H2,1-2H3. The van der Waals surface area contributed by atoms with Crippen molar-refractivity contribution >= 4 is 21.8 Å². The average molecular weight is 295 g/mol. The lowest BCUT2D eigenvalue weighted by Crippen LogP contribution is -2.32. The Labute approximate surface area is 110 Å². The largest absolute Gasteiger partial charge is 0.338 e. The van der Waals surface area contributed by atoms with Crippen LogP contribution in [-0.2, 0) is 0 Å². The molecule has 0 saturated carbocycles. The van der Waals surface area contributed by atoms with Gasteiger partial charge in [0, 0.05) is 23.1 Å². The highest BCUT2D eigenvalue weighted by molar-refractivity contribution is 9.10. The SMILES string of the molecule is CCN(CCC#N)C(=O)c1cc(Br)ccc1C. The van der Waals surface area contributed by atoms with Crippen LogP contribution in [0.3, 0.4) is 0 Å². The van der Waals surface area contributed by atoms with Crippen molar-refractivity contribution in [2.24, 2.45) is 0 Å². The van der Waals surface area contributed by atoms with Crippen LogP contribution in [0.4, 0.5) is 0 Å². The van der Waals surface area contributed by atoms with Crippen LogP contribution in [0, 0.1) is 18.3 Å². The van der Waals surface area contributed by atoms with Gasteiger partial charge in [0.05, 0.1) is 12.5 Å². The van der Waals surface area contributed by atoms with E-state index in [9.17, 15) is 4.79 Å². The van der Waals surface area contributed by atoms with Gasteiger partial charge >= 0.3 is 0 Å². The number of rotatable bonds is 4. The summed E-state index contributed by atoms with van der Waals surface area (Å²) in [6.45, 7) is 4.94. The third-order valence-electron chi connectivity index (χ3n) is 2.59. The number of amides is 1. The van der Waals surface area contributed by atoms with E-state index in [0.717, 1.165) is 10.0 Å². The highest BCUT2D eigenvalue weighted by Crippen LogP contribution is 2.17. The summed E-state index contributed by atoms with van der Waals surface area (Å²) in [5.41, 5.74) is 1.65. The first-order valence-electron chi connectivity index (χ1n) is 5.52. The Bertz CT molecular complexity index is 451. The number of nitriles is 1. The second-order valence-electron chi connectivity index (χ2n) is 3.75. The van der Waals surface area contributed by atoms with Gasteiger partial charge in [-0.25, -0.2) is 0 Å². The third kappa shape index (κ3) is 3.57. The first-order valence-corrected chi connectivity index (χ1v) is 6.31. The minimum absolute atomic E-state index is 0.0125. The van der Waals surface area contributed by atoms with Gasteiger partial charge in [0.2, 0.25) is 0 Å². The minimum Gasteiger partial charge on any atom is -0.338 e. The number of carbonyl (C=O) groups is 1. The number of benzene rings is 1. The minimum atomic E-state index is -0.0125. The Morgan fingerprint density at radius 3 is 2.82 bits per heavy atom. The Balaban J connectivity index is 2.94. The van der Waals surface area contributed by atoms with Crippen LogP contribution in [-0.4, -0.2) is 23.9 Å². The molecule has 90 valence electrons. The quantitative estimate of drug-likeness (QED) is 0.856. The first kappa shape index (κ1) is 13.7. The highest BCUT2D eigenvalue weighted by atomic mass is 79.9. The summed E-state index contributed by atoms with van der Waals surface area (Å²) in [6.07, 6.45) is 0.368. The van der Waals surface area contributed by atoms with Gasteiger partial charge in [-0.2, -0.15) is 5.26 Å². The molecule has 3 nitrogen and oxygen atoms in total. The molecule has 0 aliphatic heterocycles. The molecule has 0 aliphatic rings. The smallest absolute Gasteiger partial charge is 0.254 e. The van der Waals surface area contributed by atoms with Gasteiger partial charge in [-0.1, -0.05) is 22.0 Å². The molecular weight excluding hydrogens is 280 g/mol. The lowest BCUT2D eigenvalue weighted by molar-refractivity contribution is 0.0767. The second kappa shape index (κ2) is 6.41. The van der Waals surface area contributed by atoms with Gasteiger partial charge in [0.1, 0.15) is 0 Å². The fourth-order valence-corrected chi connectivity index (χ4v) is 1.94. The Hall–Kier alpha value is -1.34. The van der Waals surface area contributed by atoms with Gasteiger partial charge in [-0.05, 0) is 31.5 Å². The fourth-order valence-electron chi connectivity index (χ4n) is 1.58. The van der Waals surface area contributed by atoms with Crippen LogP contribution in [0.2, 0.25) is 0 Å². The van der Waals surface area contributed by atoms with E-state index in [1.54, 1.807) is 4.90 Å². The summed E-state index contributed by atoms with van der Waals surface area (Å²) in [5.74, 6) is -0.0125. The summed E-state index contributed by atoms with van der Waals surface area (Å²) in [5, 5.41) is 8.57. The molecule has 0 bridgehead atoms. The second-order valence-corrected chi connectivity index (χ2v) is 4.67. The fraction of sp³-hybridized carbons (Fsp3) is 0.385. The van der Waals surface area contributed by atoms with Gasteiger partial charge in [-0.3, -0.25) is 4.79 Å². The molecule has 0 N–H and O–H groups in total. The number of hydrogen-bond donors (Lipinski definition) is 0. The molecule has 1 aromatic rings. The van der Waals surface area contributed by atoms with E-state index in [4.69, 9.17) is 5.26 Å². The normalized spacial score (nSPS) is 9.76. The van der Waals surface area contributed by atoms with E-state index in [1.165, 1.54) is 0 Å². The van der Waals surface area contributed by atoms with Crippen molar-refractivity contribution in [1.82, 2.24) is 4.90 Å². The maximum absolute atomic E-state index is 12.3. The van der Waals surface area contributed by atoms with Crippen LogP contribution < -0.4 is 0 Å². The monoisotopic (exact) mass is 294 g/mol. The van der Waals surface area contributed by atoms with E-state index in [1.807, 2.05) is 32.0 Å². The molecular formula is C13H15BrN2O. The molecule has 1 aromatic carbocycles.